The lowest BCUT2D eigenvalue weighted by Crippen LogP contribution is -2.37. The van der Waals surface area contributed by atoms with Gasteiger partial charge in [0.05, 0.1) is 25.5 Å². The molecule has 0 spiro atoms. The van der Waals surface area contributed by atoms with Crippen molar-refractivity contribution in [2.45, 2.75) is 32.4 Å². The molecule has 1 fully saturated rings. The number of rotatable bonds is 7. The minimum absolute atomic E-state index is 0.0246. The molecule has 1 aromatic carbocycles. The molecular weight excluding hydrogens is 304 g/mol. The van der Waals surface area contributed by atoms with Gasteiger partial charge in [-0.25, -0.2) is 0 Å². The van der Waals surface area contributed by atoms with E-state index in [0.717, 1.165) is 37.4 Å². The van der Waals surface area contributed by atoms with Crippen LogP contribution in [0.5, 0.6) is 0 Å². The molecule has 3 rings (SSSR count). The van der Waals surface area contributed by atoms with Crippen LogP contribution < -0.4 is 5.32 Å². The molecule has 1 N–H and O–H groups in total. The van der Waals surface area contributed by atoms with Crippen LogP contribution in [0.4, 0.5) is 5.69 Å². The monoisotopic (exact) mass is 328 g/mol. The molecule has 5 heteroatoms. The van der Waals surface area contributed by atoms with Crippen LogP contribution in [0.1, 0.15) is 24.2 Å². The fraction of sp³-hybridized carbons (Fsp3) is 0.421. The summed E-state index contributed by atoms with van der Waals surface area (Å²) >= 11 is 0. The van der Waals surface area contributed by atoms with Gasteiger partial charge < -0.3 is 14.5 Å². The van der Waals surface area contributed by atoms with Gasteiger partial charge in [-0.1, -0.05) is 17.7 Å². The van der Waals surface area contributed by atoms with Gasteiger partial charge >= 0.3 is 0 Å². The standard InChI is InChI=1S/C19H24N2O3/c1-15-6-8-16(9-7-15)20-19(22)14-21(12-17-4-2-10-23-17)13-18-5-3-11-24-18/h2,4,6-10,18H,3,5,11-14H2,1H3,(H,20,22). The van der Waals surface area contributed by atoms with E-state index < -0.39 is 0 Å². The van der Waals surface area contributed by atoms with E-state index in [0.29, 0.717) is 13.1 Å². The average molecular weight is 328 g/mol. The number of carbonyl (C=O) groups is 1. The van der Waals surface area contributed by atoms with E-state index in [4.69, 9.17) is 9.15 Å². The number of nitrogens with one attached hydrogen (secondary N) is 1. The maximum atomic E-state index is 12.4. The molecule has 0 aliphatic carbocycles. The Bertz CT molecular complexity index is 631. The lowest BCUT2D eigenvalue weighted by atomic mass is 10.2. The highest BCUT2D eigenvalue weighted by Crippen LogP contribution is 2.16. The smallest absolute Gasteiger partial charge is 0.238 e. The van der Waals surface area contributed by atoms with E-state index in [1.807, 2.05) is 43.3 Å². The molecule has 24 heavy (non-hydrogen) atoms. The van der Waals surface area contributed by atoms with Crippen LogP contribution >= 0.6 is 0 Å². The van der Waals surface area contributed by atoms with Crippen molar-refractivity contribution in [3.8, 4) is 0 Å². The van der Waals surface area contributed by atoms with Gasteiger partial charge in [0, 0.05) is 18.8 Å². The molecule has 1 unspecified atom stereocenters. The van der Waals surface area contributed by atoms with Crippen molar-refractivity contribution >= 4 is 11.6 Å². The maximum absolute atomic E-state index is 12.4. The molecule has 2 heterocycles. The van der Waals surface area contributed by atoms with Crippen LogP contribution in [0.3, 0.4) is 0 Å². The summed E-state index contributed by atoms with van der Waals surface area (Å²) in [5.74, 6) is 0.833. The van der Waals surface area contributed by atoms with Crippen LogP contribution in [0.15, 0.2) is 47.1 Å². The Balaban J connectivity index is 1.58. The highest BCUT2D eigenvalue weighted by Gasteiger charge is 2.21. The highest BCUT2D eigenvalue weighted by molar-refractivity contribution is 5.92. The number of hydrogen-bond donors (Lipinski definition) is 1. The van der Waals surface area contributed by atoms with Crippen LogP contribution in [0.25, 0.3) is 0 Å². The van der Waals surface area contributed by atoms with Crippen molar-refractivity contribution in [1.29, 1.82) is 0 Å². The maximum Gasteiger partial charge on any atom is 0.238 e. The third-order valence-electron chi connectivity index (χ3n) is 4.15. The number of furan rings is 1. The summed E-state index contributed by atoms with van der Waals surface area (Å²) in [7, 11) is 0. The van der Waals surface area contributed by atoms with E-state index in [-0.39, 0.29) is 12.0 Å². The summed E-state index contributed by atoms with van der Waals surface area (Å²) in [6.07, 6.45) is 4.00. The molecule has 1 aromatic heterocycles. The SMILES string of the molecule is Cc1ccc(NC(=O)CN(Cc2ccco2)CC2CCCO2)cc1. The molecule has 0 radical (unpaired) electrons. The molecular formula is C19H24N2O3. The zero-order valence-corrected chi connectivity index (χ0v) is 14.0. The fourth-order valence-corrected chi connectivity index (χ4v) is 2.92. The van der Waals surface area contributed by atoms with Crippen molar-refractivity contribution in [1.82, 2.24) is 4.90 Å². The minimum atomic E-state index is -0.0246. The van der Waals surface area contributed by atoms with Crippen molar-refractivity contribution < 1.29 is 13.9 Å². The van der Waals surface area contributed by atoms with E-state index in [1.54, 1.807) is 6.26 Å². The Morgan fingerprint density at radius 2 is 2.12 bits per heavy atom. The Kier molecular flexibility index (Phi) is 5.67. The number of benzene rings is 1. The number of aryl methyl sites for hydroxylation is 1. The summed E-state index contributed by atoms with van der Waals surface area (Å²) < 4.78 is 11.1. The Hall–Kier alpha value is -2.11. The number of carbonyl (C=O) groups excluding carboxylic acids is 1. The predicted molar refractivity (Wildman–Crippen MR) is 92.8 cm³/mol. The highest BCUT2D eigenvalue weighted by atomic mass is 16.5. The third-order valence-corrected chi connectivity index (χ3v) is 4.15. The van der Waals surface area contributed by atoms with E-state index in [2.05, 4.69) is 10.2 Å². The van der Waals surface area contributed by atoms with E-state index in [1.165, 1.54) is 5.56 Å². The summed E-state index contributed by atoms with van der Waals surface area (Å²) in [6.45, 7) is 4.50. The number of ether oxygens (including phenoxy) is 1. The summed E-state index contributed by atoms with van der Waals surface area (Å²) in [5, 5.41) is 2.95. The van der Waals surface area contributed by atoms with Crippen molar-refractivity contribution in [3.63, 3.8) is 0 Å². The van der Waals surface area contributed by atoms with Gasteiger partial charge in [-0.15, -0.1) is 0 Å². The topological polar surface area (TPSA) is 54.7 Å². The Labute approximate surface area is 142 Å². The molecule has 1 aliphatic heterocycles. The number of nitrogens with zero attached hydrogens (tertiary/aromatic N) is 1. The lowest BCUT2D eigenvalue weighted by molar-refractivity contribution is -0.117. The quantitative estimate of drug-likeness (QED) is 0.848. The van der Waals surface area contributed by atoms with Crippen molar-refractivity contribution in [3.05, 3.63) is 54.0 Å². The number of amides is 1. The first kappa shape index (κ1) is 16.7. The van der Waals surface area contributed by atoms with E-state index in [9.17, 15) is 4.79 Å². The van der Waals surface area contributed by atoms with Gasteiger partial charge in [0.15, 0.2) is 0 Å². The van der Waals surface area contributed by atoms with Crippen molar-refractivity contribution in [2.24, 2.45) is 0 Å². The predicted octanol–water partition coefficient (Wildman–Crippen LogP) is 3.21. The van der Waals surface area contributed by atoms with Gasteiger partial charge in [-0.05, 0) is 44.0 Å². The van der Waals surface area contributed by atoms with Gasteiger partial charge in [0.2, 0.25) is 5.91 Å². The summed E-state index contributed by atoms with van der Waals surface area (Å²) in [4.78, 5) is 14.5. The van der Waals surface area contributed by atoms with Crippen LogP contribution in [0.2, 0.25) is 0 Å². The zero-order chi connectivity index (χ0) is 16.8. The number of anilines is 1. The molecule has 2 aromatic rings. The lowest BCUT2D eigenvalue weighted by Gasteiger charge is -2.23. The molecule has 128 valence electrons. The van der Waals surface area contributed by atoms with Crippen LogP contribution in [-0.2, 0) is 16.1 Å². The third kappa shape index (κ3) is 4.94. The van der Waals surface area contributed by atoms with Crippen LogP contribution in [0, 0.1) is 6.92 Å². The second-order valence-electron chi connectivity index (χ2n) is 6.30. The van der Waals surface area contributed by atoms with Crippen LogP contribution in [-0.4, -0.2) is 36.6 Å². The zero-order valence-electron chi connectivity index (χ0n) is 14.0. The molecule has 1 amide bonds. The molecule has 0 saturated carbocycles. The summed E-state index contributed by atoms with van der Waals surface area (Å²) in [6, 6.07) is 11.6. The fourth-order valence-electron chi connectivity index (χ4n) is 2.92. The van der Waals surface area contributed by atoms with E-state index >= 15 is 0 Å². The Morgan fingerprint density at radius 1 is 1.29 bits per heavy atom. The minimum Gasteiger partial charge on any atom is -0.468 e. The van der Waals surface area contributed by atoms with Gasteiger partial charge in [-0.2, -0.15) is 0 Å². The van der Waals surface area contributed by atoms with Gasteiger partial charge in [-0.3, -0.25) is 9.69 Å². The normalized spacial score (nSPS) is 17.3. The summed E-state index contributed by atoms with van der Waals surface area (Å²) in [5.41, 5.74) is 1.99. The first-order chi connectivity index (χ1) is 11.7. The van der Waals surface area contributed by atoms with Gasteiger partial charge in [0.1, 0.15) is 5.76 Å². The Morgan fingerprint density at radius 3 is 2.79 bits per heavy atom. The molecule has 1 saturated heterocycles. The first-order valence-corrected chi connectivity index (χ1v) is 8.42. The average Bonchev–Trinajstić information content (AvgIpc) is 3.23. The molecule has 1 atom stereocenters. The first-order valence-electron chi connectivity index (χ1n) is 8.42. The molecule has 0 bridgehead atoms. The largest absolute Gasteiger partial charge is 0.468 e. The molecule has 5 nitrogen and oxygen atoms in total. The second kappa shape index (κ2) is 8.13. The van der Waals surface area contributed by atoms with Crippen molar-refractivity contribution in [2.75, 3.05) is 25.0 Å². The number of hydrogen-bond acceptors (Lipinski definition) is 4. The molecule has 1 aliphatic rings. The van der Waals surface area contributed by atoms with Gasteiger partial charge in [0.25, 0.3) is 0 Å². The second-order valence-corrected chi connectivity index (χ2v) is 6.30.